The third kappa shape index (κ3) is 4.30. The number of hydrogen-bond acceptors (Lipinski definition) is 2. The van der Waals surface area contributed by atoms with Gasteiger partial charge in [-0.25, -0.2) is 0 Å². The minimum Gasteiger partial charge on any atom is -0.466 e. The molecule has 0 aliphatic heterocycles. The molecular weight excluding hydrogens is 200 g/mol. The maximum atomic E-state index is 11.1. The van der Waals surface area contributed by atoms with E-state index in [4.69, 9.17) is 4.74 Å². The highest BCUT2D eigenvalue weighted by molar-refractivity contribution is 5.70. The van der Waals surface area contributed by atoms with Crippen LogP contribution in [0, 0.1) is 0 Å². The Morgan fingerprint density at radius 2 is 2.00 bits per heavy atom. The van der Waals surface area contributed by atoms with Crippen molar-refractivity contribution >= 4 is 11.5 Å². The van der Waals surface area contributed by atoms with E-state index in [1.807, 2.05) is 25.1 Å². The van der Waals surface area contributed by atoms with Gasteiger partial charge in [0.1, 0.15) is 0 Å². The Kier molecular flexibility index (Phi) is 5.34. The van der Waals surface area contributed by atoms with Gasteiger partial charge < -0.3 is 4.74 Å². The van der Waals surface area contributed by atoms with Crippen molar-refractivity contribution in [2.24, 2.45) is 0 Å². The zero-order valence-corrected chi connectivity index (χ0v) is 9.90. The van der Waals surface area contributed by atoms with Crippen LogP contribution in [0.1, 0.15) is 32.3 Å². The summed E-state index contributed by atoms with van der Waals surface area (Å²) < 4.78 is 4.86. The quantitative estimate of drug-likeness (QED) is 0.708. The van der Waals surface area contributed by atoms with Gasteiger partial charge in [-0.3, -0.25) is 4.79 Å². The summed E-state index contributed by atoms with van der Waals surface area (Å²) in [4.78, 5) is 11.1. The first kappa shape index (κ1) is 12.5. The van der Waals surface area contributed by atoms with E-state index in [1.165, 1.54) is 11.1 Å². The van der Waals surface area contributed by atoms with Crippen LogP contribution in [0.2, 0.25) is 0 Å². The molecule has 0 bridgehead atoms. The fourth-order valence-corrected chi connectivity index (χ4v) is 1.46. The minimum absolute atomic E-state index is 0.125. The largest absolute Gasteiger partial charge is 0.466 e. The van der Waals surface area contributed by atoms with Gasteiger partial charge in [0.15, 0.2) is 0 Å². The Labute approximate surface area is 96.9 Å². The SMILES string of the molecule is CCOC(=O)CCC=C(C)c1ccccc1. The highest BCUT2D eigenvalue weighted by Crippen LogP contribution is 2.14. The van der Waals surface area contributed by atoms with Crippen LogP contribution < -0.4 is 0 Å². The van der Waals surface area contributed by atoms with Gasteiger partial charge in [0, 0.05) is 6.42 Å². The smallest absolute Gasteiger partial charge is 0.306 e. The van der Waals surface area contributed by atoms with Crippen molar-refractivity contribution in [3.05, 3.63) is 42.0 Å². The Bertz CT molecular complexity index is 352. The summed E-state index contributed by atoms with van der Waals surface area (Å²) in [6.45, 7) is 4.34. The Hall–Kier alpha value is -1.57. The second-order valence-corrected chi connectivity index (χ2v) is 3.60. The first-order chi connectivity index (χ1) is 7.74. The van der Waals surface area contributed by atoms with Crippen molar-refractivity contribution in [1.29, 1.82) is 0 Å². The summed E-state index contributed by atoms with van der Waals surface area (Å²) in [5, 5.41) is 0. The molecule has 0 radical (unpaired) electrons. The summed E-state index contributed by atoms with van der Waals surface area (Å²) in [5.41, 5.74) is 2.40. The van der Waals surface area contributed by atoms with E-state index in [2.05, 4.69) is 25.1 Å². The Balaban J connectivity index is 2.43. The average molecular weight is 218 g/mol. The number of carbonyl (C=O) groups excluding carboxylic acids is 1. The molecular formula is C14H18O2. The van der Waals surface area contributed by atoms with Gasteiger partial charge in [0.2, 0.25) is 0 Å². The second-order valence-electron chi connectivity index (χ2n) is 3.60. The lowest BCUT2D eigenvalue weighted by Crippen LogP contribution is -2.02. The normalized spacial score (nSPS) is 11.2. The molecule has 0 amide bonds. The third-order valence-electron chi connectivity index (χ3n) is 2.33. The number of hydrogen-bond donors (Lipinski definition) is 0. The summed E-state index contributed by atoms with van der Waals surface area (Å²) in [7, 11) is 0. The minimum atomic E-state index is -0.125. The van der Waals surface area contributed by atoms with Crippen LogP contribution in [0.5, 0.6) is 0 Å². The molecule has 86 valence electrons. The predicted octanol–water partition coefficient (Wildman–Crippen LogP) is 3.43. The van der Waals surface area contributed by atoms with Crippen LogP contribution in [0.4, 0.5) is 0 Å². The topological polar surface area (TPSA) is 26.3 Å². The van der Waals surface area contributed by atoms with Gasteiger partial charge in [-0.1, -0.05) is 36.4 Å². The van der Waals surface area contributed by atoms with Crippen molar-refractivity contribution < 1.29 is 9.53 Å². The molecule has 0 saturated carbocycles. The van der Waals surface area contributed by atoms with Crippen LogP contribution in [-0.4, -0.2) is 12.6 Å². The number of allylic oxidation sites excluding steroid dienone is 2. The summed E-state index contributed by atoms with van der Waals surface area (Å²) in [6, 6.07) is 10.2. The molecule has 2 heteroatoms. The van der Waals surface area contributed by atoms with Crippen LogP contribution >= 0.6 is 0 Å². The highest BCUT2D eigenvalue weighted by Gasteiger charge is 1.99. The van der Waals surface area contributed by atoms with Crippen molar-refractivity contribution in [3.8, 4) is 0 Å². The van der Waals surface area contributed by atoms with E-state index < -0.39 is 0 Å². The highest BCUT2D eigenvalue weighted by atomic mass is 16.5. The zero-order chi connectivity index (χ0) is 11.8. The van der Waals surface area contributed by atoms with Gasteiger partial charge in [0.05, 0.1) is 6.61 Å². The molecule has 0 unspecified atom stereocenters. The van der Waals surface area contributed by atoms with Gasteiger partial charge in [0.25, 0.3) is 0 Å². The van der Waals surface area contributed by atoms with Gasteiger partial charge >= 0.3 is 5.97 Å². The molecule has 0 aliphatic carbocycles. The first-order valence-electron chi connectivity index (χ1n) is 5.62. The fraction of sp³-hybridized carbons (Fsp3) is 0.357. The van der Waals surface area contributed by atoms with Gasteiger partial charge in [-0.15, -0.1) is 0 Å². The first-order valence-corrected chi connectivity index (χ1v) is 5.62. The number of benzene rings is 1. The molecule has 0 aromatic heterocycles. The van der Waals surface area contributed by atoms with Crippen molar-refractivity contribution in [3.63, 3.8) is 0 Å². The molecule has 0 spiro atoms. The van der Waals surface area contributed by atoms with Crippen molar-refractivity contribution in [2.75, 3.05) is 6.61 Å². The standard InChI is InChI=1S/C14H18O2/c1-3-16-14(15)11-7-8-12(2)13-9-5-4-6-10-13/h4-6,8-10H,3,7,11H2,1-2H3. The van der Waals surface area contributed by atoms with Crippen LogP contribution in [0.3, 0.4) is 0 Å². The predicted molar refractivity (Wildman–Crippen MR) is 66.0 cm³/mol. The lowest BCUT2D eigenvalue weighted by molar-refractivity contribution is -0.142. The molecule has 2 nitrogen and oxygen atoms in total. The van der Waals surface area contributed by atoms with E-state index in [0.29, 0.717) is 13.0 Å². The van der Waals surface area contributed by atoms with E-state index in [-0.39, 0.29) is 5.97 Å². The lowest BCUT2D eigenvalue weighted by Gasteiger charge is -2.02. The molecule has 0 saturated heterocycles. The zero-order valence-electron chi connectivity index (χ0n) is 9.90. The molecule has 0 fully saturated rings. The number of rotatable bonds is 5. The number of ether oxygens (including phenoxy) is 1. The monoisotopic (exact) mass is 218 g/mol. The van der Waals surface area contributed by atoms with Crippen molar-refractivity contribution in [1.82, 2.24) is 0 Å². The maximum absolute atomic E-state index is 11.1. The van der Waals surface area contributed by atoms with Crippen LogP contribution in [-0.2, 0) is 9.53 Å². The molecule has 1 aromatic rings. The van der Waals surface area contributed by atoms with Crippen LogP contribution in [0.15, 0.2) is 36.4 Å². The number of carbonyl (C=O) groups is 1. The molecule has 16 heavy (non-hydrogen) atoms. The molecule has 1 aromatic carbocycles. The second kappa shape index (κ2) is 6.83. The maximum Gasteiger partial charge on any atom is 0.306 e. The van der Waals surface area contributed by atoms with E-state index in [0.717, 1.165) is 6.42 Å². The Morgan fingerprint density at radius 1 is 1.31 bits per heavy atom. The Morgan fingerprint density at radius 3 is 2.62 bits per heavy atom. The van der Waals surface area contributed by atoms with Gasteiger partial charge in [-0.2, -0.15) is 0 Å². The fourth-order valence-electron chi connectivity index (χ4n) is 1.46. The molecule has 0 heterocycles. The summed E-state index contributed by atoms with van der Waals surface area (Å²) in [5.74, 6) is -0.125. The third-order valence-corrected chi connectivity index (χ3v) is 2.33. The number of esters is 1. The summed E-state index contributed by atoms with van der Waals surface area (Å²) in [6.07, 6.45) is 3.27. The molecule has 0 atom stereocenters. The summed E-state index contributed by atoms with van der Waals surface area (Å²) >= 11 is 0. The van der Waals surface area contributed by atoms with E-state index in [9.17, 15) is 4.79 Å². The van der Waals surface area contributed by atoms with Crippen LogP contribution in [0.25, 0.3) is 5.57 Å². The van der Waals surface area contributed by atoms with Gasteiger partial charge in [-0.05, 0) is 31.4 Å². The molecule has 1 rings (SSSR count). The lowest BCUT2D eigenvalue weighted by atomic mass is 10.1. The van der Waals surface area contributed by atoms with E-state index in [1.54, 1.807) is 0 Å². The van der Waals surface area contributed by atoms with Crippen molar-refractivity contribution in [2.45, 2.75) is 26.7 Å². The average Bonchev–Trinajstić information content (AvgIpc) is 2.30. The molecule has 0 N–H and O–H groups in total. The van der Waals surface area contributed by atoms with E-state index >= 15 is 0 Å². The molecule has 0 aliphatic rings.